The molecule has 3 aromatic rings. The van der Waals surface area contributed by atoms with Crippen molar-refractivity contribution in [2.75, 3.05) is 20.8 Å². The number of aryl methyl sites for hydroxylation is 1. The van der Waals surface area contributed by atoms with E-state index in [-0.39, 0.29) is 11.3 Å². The number of carbonyl (C=O) groups is 1. The van der Waals surface area contributed by atoms with E-state index in [1.54, 1.807) is 26.7 Å². The van der Waals surface area contributed by atoms with Crippen molar-refractivity contribution < 1.29 is 14.3 Å². The van der Waals surface area contributed by atoms with E-state index in [1.165, 1.54) is 5.56 Å². The summed E-state index contributed by atoms with van der Waals surface area (Å²) in [5, 5.41) is 0. The largest absolute Gasteiger partial charge is 0.493 e. The smallest absolute Gasteiger partial charge is 0.254 e. The van der Waals surface area contributed by atoms with Gasteiger partial charge in [0.25, 0.3) is 5.91 Å². The Hall–Kier alpha value is -3.28. The summed E-state index contributed by atoms with van der Waals surface area (Å²) in [6.07, 6.45) is 6.33. The zero-order valence-electron chi connectivity index (χ0n) is 19.7. The first-order valence-corrected chi connectivity index (χ1v) is 10.9. The van der Waals surface area contributed by atoms with Crippen molar-refractivity contribution in [3.8, 4) is 11.5 Å². The maximum atomic E-state index is 13.4. The number of benzene rings is 2. The average molecular weight is 436 g/mol. The van der Waals surface area contributed by atoms with Crippen LogP contribution in [0.4, 0.5) is 0 Å². The lowest BCUT2D eigenvalue weighted by Gasteiger charge is -2.24. The molecule has 32 heavy (non-hydrogen) atoms. The minimum Gasteiger partial charge on any atom is -0.493 e. The molecule has 0 atom stereocenters. The minimum absolute atomic E-state index is 0.0193. The Morgan fingerprint density at radius 3 is 2.34 bits per heavy atom. The second-order valence-electron chi connectivity index (χ2n) is 8.90. The predicted octanol–water partition coefficient (Wildman–Crippen LogP) is 4.93. The molecule has 0 unspecified atom stereocenters. The predicted molar refractivity (Wildman–Crippen MR) is 126 cm³/mol. The number of carbonyl (C=O) groups excluding carboxylic acids is 1. The lowest BCUT2D eigenvalue weighted by Crippen LogP contribution is -2.32. The summed E-state index contributed by atoms with van der Waals surface area (Å²) in [5.41, 5.74) is 2.94. The number of hydrogen-bond acceptors (Lipinski definition) is 4. The molecule has 0 bridgehead atoms. The summed E-state index contributed by atoms with van der Waals surface area (Å²) in [6.45, 7) is 8.44. The molecular weight excluding hydrogens is 402 g/mol. The number of rotatable bonds is 9. The Morgan fingerprint density at radius 2 is 1.75 bits per heavy atom. The lowest BCUT2D eigenvalue weighted by molar-refractivity contribution is 0.0739. The molecule has 0 aliphatic carbocycles. The molecule has 1 aromatic heterocycles. The summed E-state index contributed by atoms with van der Waals surface area (Å²) in [4.78, 5) is 19.4. The SMILES string of the molecule is COc1ccc(CN(CCCn2ccnc2)C(=O)c2ccc(C(C)(C)C)cc2)cc1OC. The summed E-state index contributed by atoms with van der Waals surface area (Å²) >= 11 is 0. The molecule has 2 aromatic carbocycles. The van der Waals surface area contributed by atoms with Gasteiger partial charge in [-0.15, -0.1) is 0 Å². The van der Waals surface area contributed by atoms with Crippen LogP contribution in [0.25, 0.3) is 0 Å². The molecule has 1 amide bonds. The van der Waals surface area contributed by atoms with Gasteiger partial charge in [0, 0.05) is 37.6 Å². The van der Waals surface area contributed by atoms with Gasteiger partial charge in [-0.1, -0.05) is 39.0 Å². The van der Waals surface area contributed by atoms with Gasteiger partial charge in [-0.3, -0.25) is 4.79 Å². The zero-order chi connectivity index (χ0) is 23.1. The Morgan fingerprint density at radius 1 is 1.03 bits per heavy atom. The molecule has 170 valence electrons. The van der Waals surface area contributed by atoms with Crippen LogP contribution in [-0.4, -0.2) is 41.1 Å². The minimum atomic E-state index is 0.0193. The topological polar surface area (TPSA) is 56.6 Å². The Balaban J connectivity index is 1.80. The molecule has 1 heterocycles. The van der Waals surface area contributed by atoms with Crippen molar-refractivity contribution >= 4 is 5.91 Å². The molecule has 3 rings (SSSR count). The van der Waals surface area contributed by atoms with Gasteiger partial charge in [0.2, 0.25) is 0 Å². The highest BCUT2D eigenvalue weighted by Gasteiger charge is 2.19. The van der Waals surface area contributed by atoms with Crippen molar-refractivity contribution in [2.45, 2.75) is 45.7 Å². The van der Waals surface area contributed by atoms with Crippen LogP contribution in [0.3, 0.4) is 0 Å². The fourth-order valence-electron chi connectivity index (χ4n) is 3.61. The summed E-state index contributed by atoms with van der Waals surface area (Å²) in [6, 6.07) is 13.7. The summed E-state index contributed by atoms with van der Waals surface area (Å²) in [5.74, 6) is 1.35. The van der Waals surface area contributed by atoms with Crippen molar-refractivity contribution in [1.82, 2.24) is 14.5 Å². The van der Waals surface area contributed by atoms with Crippen LogP contribution in [0.15, 0.2) is 61.2 Å². The van der Waals surface area contributed by atoms with E-state index in [9.17, 15) is 4.79 Å². The molecule has 0 spiro atoms. The number of imidazole rings is 1. The Bertz CT molecular complexity index is 1010. The van der Waals surface area contributed by atoms with Gasteiger partial charge in [0.15, 0.2) is 11.5 Å². The van der Waals surface area contributed by atoms with Gasteiger partial charge in [0.1, 0.15) is 0 Å². The normalized spacial score (nSPS) is 11.3. The summed E-state index contributed by atoms with van der Waals surface area (Å²) < 4.78 is 12.8. The van der Waals surface area contributed by atoms with Crippen LogP contribution in [-0.2, 0) is 18.5 Å². The highest BCUT2D eigenvalue weighted by atomic mass is 16.5. The number of methoxy groups -OCH3 is 2. The molecular formula is C26H33N3O3. The van der Waals surface area contributed by atoms with E-state index in [4.69, 9.17) is 9.47 Å². The molecule has 6 nitrogen and oxygen atoms in total. The first-order chi connectivity index (χ1) is 15.3. The number of aromatic nitrogens is 2. The zero-order valence-corrected chi connectivity index (χ0v) is 19.7. The van der Waals surface area contributed by atoms with Crippen LogP contribution in [0.2, 0.25) is 0 Å². The third-order valence-corrected chi connectivity index (χ3v) is 5.51. The maximum Gasteiger partial charge on any atom is 0.254 e. The monoisotopic (exact) mass is 435 g/mol. The van der Waals surface area contributed by atoms with Crippen LogP contribution in [0.1, 0.15) is 48.7 Å². The van der Waals surface area contributed by atoms with E-state index >= 15 is 0 Å². The van der Waals surface area contributed by atoms with Gasteiger partial charge in [-0.05, 0) is 47.2 Å². The third kappa shape index (κ3) is 5.90. The van der Waals surface area contributed by atoms with Crippen molar-refractivity contribution in [3.05, 3.63) is 77.9 Å². The molecule has 0 aliphatic rings. The molecule has 0 radical (unpaired) electrons. The Kier molecular flexibility index (Phi) is 7.57. The van der Waals surface area contributed by atoms with E-state index in [0.29, 0.717) is 30.2 Å². The fraction of sp³-hybridized carbons (Fsp3) is 0.385. The van der Waals surface area contributed by atoms with Crippen molar-refractivity contribution in [1.29, 1.82) is 0 Å². The third-order valence-electron chi connectivity index (χ3n) is 5.51. The highest BCUT2D eigenvalue weighted by Crippen LogP contribution is 2.28. The van der Waals surface area contributed by atoms with E-state index in [1.807, 2.05) is 58.1 Å². The average Bonchev–Trinajstić information content (AvgIpc) is 3.31. The van der Waals surface area contributed by atoms with Gasteiger partial charge >= 0.3 is 0 Å². The van der Waals surface area contributed by atoms with E-state index < -0.39 is 0 Å². The quantitative estimate of drug-likeness (QED) is 0.478. The molecule has 6 heteroatoms. The molecule has 0 saturated carbocycles. The number of amides is 1. The number of nitrogens with zero attached hydrogens (tertiary/aromatic N) is 3. The van der Waals surface area contributed by atoms with Crippen LogP contribution >= 0.6 is 0 Å². The molecule has 0 aliphatic heterocycles. The molecule has 0 saturated heterocycles. The second kappa shape index (κ2) is 10.4. The number of ether oxygens (including phenoxy) is 2. The lowest BCUT2D eigenvalue weighted by atomic mass is 9.86. The van der Waals surface area contributed by atoms with E-state index in [0.717, 1.165) is 18.5 Å². The first-order valence-electron chi connectivity index (χ1n) is 10.9. The summed E-state index contributed by atoms with van der Waals surface area (Å²) in [7, 11) is 3.23. The standard InChI is InChI=1S/C26H33N3O3/c1-26(2,3)22-10-8-21(9-11-22)25(30)29(15-6-14-28-16-13-27-19-28)18-20-7-12-23(31-4)24(17-20)32-5/h7-13,16-17,19H,6,14-15,18H2,1-5H3. The van der Waals surface area contributed by atoms with Gasteiger partial charge in [0.05, 0.1) is 20.5 Å². The maximum absolute atomic E-state index is 13.4. The van der Waals surface area contributed by atoms with Gasteiger partial charge in [-0.25, -0.2) is 4.98 Å². The van der Waals surface area contributed by atoms with Crippen molar-refractivity contribution in [3.63, 3.8) is 0 Å². The second-order valence-corrected chi connectivity index (χ2v) is 8.90. The van der Waals surface area contributed by atoms with Crippen LogP contribution < -0.4 is 9.47 Å². The van der Waals surface area contributed by atoms with Crippen LogP contribution in [0.5, 0.6) is 11.5 Å². The highest BCUT2D eigenvalue weighted by molar-refractivity contribution is 5.94. The van der Waals surface area contributed by atoms with E-state index in [2.05, 4.69) is 25.8 Å². The first kappa shape index (κ1) is 23.4. The van der Waals surface area contributed by atoms with Crippen LogP contribution in [0, 0.1) is 0 Å². The van der Waals surface area contributed by atoms with Crippen molar-refractivity contribution in [2.24, 2.45) is 0 Å². The van der Waals surface area contributed by atoms with Gasteiger partial charge < -0.3 is 18.9 Å². The fourth-order valence-corrected chi connectivity index (χ4v) is 3.61. The molecule has 0 N–H and O–H groups in total. The number of hydrogen-bond donors (Lipinski definition) is 0. The van der Waals surface area contributed by atoms with Gasteiger partial charge in [-0.2, -0.15) is 0 Å². The Labute approximate surface area is 190 Å². The molecule has 0 fully saturated rings.